The van der Waals surface area contributed by atoms with Gasteiger partial charge in [0.1, 0.15) is 11.4 Å². The van der Waals surface area contributed by atoms with Crippen molar-refractivity contribution < 1.29 is 9.53 Å². The molecule has 2 N–H and O–H groups in total. The number of hydrogen-bond donors (Lipinski definition) is 2. The van der Waals surface area contributed by atoms with Gasteiger partial charge in [0.05, 0.1) is 28.6 Å². The molecule has 0 saturated heterocycles. The Morgan fingerprint density at radius 3 is 2.61 bits per heavy atom. The van der Waals surface area contributed by atoms with Gasteiger partial charge < -0.3 is 4.74 Å². The van der Waals surface area contributed by atoms with Crippen LogP contribution in [0.3, 0.4) is 0 Å². The first-order valence-electron chi connectivity index (χ1n) is 8.64. The Bertz CT molecular complexity index is 964. The minimum Gasteiger partial charge on any atom is -0.494 e. The highest BCUT2D eigenvalue weighted by atomic mass is 35.5. The number of carbonyl (C=O) groups is 1. The van der Waals surface area contributed by atoms with E-state index in [1.54, 1.807) is 24.3 Å². The summed E-state index contributed by atoms with van der Waals surface area (Å²) >= 11 is 12.1. The number of hydrogen-bond acceptors (Lipinski definition) is 4. The maximum absolute atomic E-state index is 12.2. The van der Waals surface area contributed by atoms with Crippen molar-refractivity contribution in [2.24, 2.45) is 5.10 Å². The minimum absolute atomic E-state index is 0.281. The monoisotopic (exact) mass is 416 g/mol. The van der Waals surface area contributed by atoms with Gasteiger partial charge >= 0.3 is 0 Å². The highest BCUT2D eigenvalue weighted by molar-refractivity contribution is 6.38. The average Bonchev–Trinajstić information content (AvgIpc) is 3.19. The summed E-state index contributed by atoms with van der Waals surface area (Å²) in [6, 6.07) is 14.3. The van der Waals surface area contributed by atoms with Crippen LogP contribution in [-0.4, -0.2) is 28.9 Å². The van der Waals surface area contributed by atoms with Gasteiger partial charge in [0, 0.05) is 11.1 Å². The molecule has 1 amide bonds. The largest absolute Gasteiger partial charge is 0.494 e. The van der Waals surface area contributed by atoms with E-state index in [1.807, 2.05) is 24.3 Å². The van der Waals surface area contributed by atoms with E-state index in [-0.39, 0.29) is 5.69 Å². The van der Waals surface area contributed by atoms with E-state index in [2.05, 4.69) is 27.6 Å². The summed E-state index contributed by atoms with van der Waals surface area (Å²) in [5.74, 6) is 0.368. The molecule has 0 aliphatic heterocycles. The number of nitrogens with zero attached hydrogens (tertiary/aromatic N) is 2. The molecule has 0 saturated carbocycles. The summed E-state index contributed by atoms with van der Waals surface area (Å²) < 4.78 is 5.56. The van der Waals surface area contributed by atoms with E-state index in [0.717, 1.165) is 17.7 Å². The lowest BCUT2D eigenvalue weighted by Gasteiger charge is -2.04. The molecule has 1 heterocycles. The number of ether oxygens (including phenoxy) is 1. The predicted octanol–water partition coefficient (Wildman–Crippen LogP) is 4.94. The Morgan fingerprint density at radius 2 is 1.93 bits per heavy atom. The van der Waals surface area contributed by atoms with Crippen molar-refractivity contribution in [1.29, 1.82) is 0 Å². The summed E-state index contributed by atoms with van der Waals surface area (Å²) in [5.41, 5.74) is 4.74. The quantitative estimate of drug-likeness (QED) is 0.422. The van der Waals surface area contributed by atoms with Crippen LogP contribution >= 0.6 is 23.2 Å². The smallest absolute Gasteiger partial charge is 0.289 e. The Balaban J connectivity index is 1.64. The third kappa shape index (κ3) is 4.91. The molecule has 6 nitrogen and oxygen atoms in total. The van der Waals surface area contributed by atoms with Gasteiger partial charge in [-0.1, -0.05) is 36.2 Å². The summed E-state index contributed by atoms with van der Waals surface area (Å²) in [6.45, 7) is 2.73. The van der Waals surface area contributed by atoms with Crippen LogP contribution in [0.25, 0.3) is 11.3 Å². The molecule has 28 heavy (non-hydrogen) atoms. The second kappa shape index (κ2) is 9.39. The molecule has 144 valence electrons. The molecule has 0 radical (unpaired) electrons. The van der Waals surface area contributed by atoms with Crippen LogP contribution in [0, 0.1) is 0 Å². The van der Waals surface area contributed by atoms with Gasteiger partial charge in [-0.2, -0.15) is 10.2 Å². The molecule has 3 rings (SSSR count). The lowest BCUT2D eigenvalue weighted by Crippen LogP contribution is -2.18. The Hall–Kier alpha value is -2.83. The maximum Gasteiger partial charge on any atom is 0.289 e. The standard InChI is InChI=1S/C20H18Cl2N4O2/c1-2-10-28-14-8-6-13(7-9-14)18-11-19(25-24-18)20(27)26-23-12-15-16(21)4-3-5-17(15)22/h3-9,11-12H,2,10H2,1H3,(H,24,25)(H,26,27)/b23-12+. The van der Waals surface area contributed by atoms with Crippen LogP contribution in [0.4, 0.5) is 0 Å². The number of aromatic amines is 1. The molecule has 2 aromatic carbocycles. The Kier molecular flexibility index (Phi) is 6.68. The lowest BCUT2D eigenvalue weighted by atomic mass is 10.1. The fourth-order valence-corrected chi connectivity index (χ4v) is 2.87. The number of carbonyl (C=O) groups excluding carboxylic acids is 1. The molecule has 8 heteroatoms. The zero-order valence-electron chi connectivity index (χ0n) is 15.1. The van der Waals surface area contributed by atoms with Gasteiger partial charge in [-0.15, -0.1) is 0 Å². The van der Waals surface area contributed by atoms with Crippen LogP contribution in [0.1, 0.15) is 29.4 Å². The predicted molar refractivity (Wildman–Crippen MR) is 111 cm³/mol. The fourth-order valence-electron chi connectivity index (χ4n) is 2.38. The molecular formula is C20H18Cl2N4O2. The number of benzene rings is 2. The van der Waals surface area contributed by atoms with Gasteiger partial charge in [0.25, 0.3) is 5.91 Å². The van der Waals surface area contributed by atoms with E-state index >= 15 is 0 Å². The first kappa shape index (κ1) is 19.9. The van der Waals surface area contributed by atoms with Gasteiger partial charge in [-0.3, -0.25) is 9.89 Å². The summed E-state index contributed by atoms with van der Waals surface area (Å²) in [7, 11) is 0. The number of nitrogens with one attached hydrogen (secondary N) is 2. The number of amides is 1. The first-order chi connectivity index (χ1) is 13.6. The third-order valence-corrected chi connectivity index (χ3v) is 4.46. The van der Waals surface area contributed by atoms with E-state index in [4.69, 9.17) is 27.9 Å². The molecule has 0 fully saturated rings. The summed E-state index contributed by atoms with van der Waals surface area (Å²) in [6.07, 6.45) is 2.35. The SMILES string of the molecule is CCCOc1ccc(-c2cc(C(=O)N/N=C/c3c(Cl)cccc3Cl)[nH]n2)cc1. The molecule has 0 aliphatic carbocycles. The lowest BCUT2D eigenvalue weighted by molar-refractivity contribution is 0.0950. The van der Waals surface area contributed by atoms with Gasteiger partial charge in [0.15, 0.2) is 0 Å². The van der Waals surface area contributed by atoms with E-state index in [9.17, 15) is 4.79 Å². The number of H-pyrrole nitrogens is 1. The van der Waals surface area contributed by atoms with Gasteiger partial charge in [-0.25, -0.2) is 5.43 Å². The van der Waals surface area contributed by atoms with Crippen molar-refractivity contribution >= 4 is 35.3 Å². The van der Waals surface area contributed by atoms with Crippen molar-refractivity contribution in [3.05, 3.63) is 69.8 Å². The van der Waals surface area contributed by atoms with Crippen LogP contribution in [0.5, 0.6) is 5.75 Å². The Morgan fingerprint density at radius 1 is 1.21 bits per heavy atom. The third-order valence-electron chi connectivity index (χ3n) is 3.80. The first-order valence-corrected chi connectivity index (χ1v) is 9.40. The summed E-state index contributed by atoms with van der Waals surface area (Å²) in [4.78, 5) is 12.2. The van der Waals surface area contributed by atoms with E-state index < -0.39 is 5.91 Å². The van der Waals surface area contributed by atoms with Gasteiger partial charge in [0.2, 0.25) is 0 Å². The average molecular weight is 417 g/mol. The zero-order valence-corrected chi connectivity index (χ0v) is 16.6. The number of hydrazone groups is 1. The molecular weight excluding hydrogens is 399 g/mol. The number of aromatic nitrogens is 2. The Labute approximate surface area is 172 Å². The zero-order chi connectivity index (χ0) is 19.9. The van der Waals surface area contributed by atoms with Crippen molar-refractivity contribution in [2.45, 2.75) is 13.3 Å². The van der Waals surface area contributed by atoms with Crippen LogP contribution in [0.2, 0.25) is 10.0 Å². The van der Waals surface area contributed by atoms with E-state index in [1.165, 1.54) is 6.21 Å². The second-order valence-electron chi connectivity index (χ2n) is 5.87. The summed E-state index contributed by atoms with van der Waals surface area (Å²) in [5, 5.41) is 11.7. The molecule has 0 atom stereocenters. The molecule has 0 bridgehead atoms. The highest BCUT2D eigenvalue weighted by Gasteiger charge is 2.11. The number of halogens is 2. The maximum atomic E-state index is 12.2. The molecule has 0 unspecified atom stereocenters. The van der Waals surface area contributed by atoms with Crippen LogP contribution in [-0.2, 0) is 0 Å². The van der Waals surface area contributed by atoms with Crippen LogP contribution in [0.15, 0.2) is 53.6 Å². The second-order valence-corrected chi connectivity index (χ2v) is 6.69. The van der Waals surface area contributed by atoms with E-state index in [0.29, 0.717) is 27.9 Å². The van der Waals surface area contributed by atoms with Gasteiger partial charge in [-0.05, 0) is 48.9 Å². The molecule has 0 aliphatic rings. The molecule has 1 aromatic heterocycles. The number of rotatable bonds is 7. The van der Waals surface area contributed by atoms with Crippen molar-refractivity contribution in [1.82, 2.24) is 15.6 Å². The fraction of sp³-hybridized carbons (Fsp3) is 0.150. The topological polar surface area (TPSA) is 79.4 Å². The highest BCUT2D eigenvalue weighted by Crippen LogP contribution is 2.23. The van der Waals surface area contributed by atoms with Crippen molar-refractivity contribution in [3.8, 4) is 17.0 Å². The normalized spacial score (nSPS) is 11.0. The van der Waals surface area contributed by atoms with Crippen molar-refractivity contribution in [2.75, 3.05) is 6.61 Å². The molecule has 0 spiro atoms. The molecule has 3 aromatic rings. The van der Waals surface area contributed by atoms with Crippen LogP contribution < -0.4 is 10.2 Å². The minimum atomic E-state index is -0.430. The van der Waals surface area contributed by atoms with Crippen molar-refractivity contribution in [3.63, 3.8) is 0 Å².